The van der Waals surface area contributed by atoms with Crippen LogP contribution in [0.15, 0.2) is 59.9 Å². The minimum atomic E-state index is -0.621. The molecule has 0 radical (unpaired) electrons. The number of hydrogen-bond acceptors (Lipinski definition) is 2. The summed E-state index contributed by atoms with van der Waals surface area (Å²) in [5, 5.41) is 0. The molecule has 4 heteroatoms. The second kappa shape index (κ2) is 6.10. The Kier molecular flexibility index (Phi) is 4.77. The Hall–Kier alpha value is -1.97. The smallest absolute Gasteiger partial charge is 0.307 e. The van der Waals surface area contributed by atoms with Crippen molar-refractivity contribution >= 4 is 5.97 Å². The van der Waals surface area contributed by atoms with E-state index in [-0.39, 0.29) is 5.76 Å². The second-order valence-electron chi connectivity index (χ2n) is 3.84. The van der Waals surface area contributed by atoms with E-state index in [9.17, 15) is 13.6 Å². The van der Waals surface area contributed by atoms with Crippen molar-refractivity contribution in [1.82, 2.24) is 0 Å². The summed E-state index contributed by atoms with van der Waals surface area (Å²) in [5.74, 6) is -1.33. The Morgan fingerprint density at radius 2 is 2.06 bits per heavy atom. The van der Waals surface area contributed by atoms with Gasteiger partial charge in [0.25, 0.3) is 0 Å². The van der Waals surface area contributed by atoms with Gasteiger partial charge in [-0.2, -0.15) is 0 Å². The average Bonchev–Trinajstić information content (AvgIpc) is 2.25. The molecule has 0 atom stereocenters. The lowest BCUT2D eigenvalue weighted by molar-refractivity contribution is -0.137. The van der Waals surface area contributed by atoms with Gasteiger partial charge in [-0.1, -0.05) is 19.2 Å². The van der Waals surface area contributed by atoms with Crippen molar-refractivity contribution in [2.24, 2.45) is 0 Å². The number of esters is 1. The zero-order valence-electron chi connectivity index (χ0n) is 10.1. The van der Waals surface area contributed by atoms with Crippen molar-refractivity contribution in [3.05, 3.63) is 59.9 Å². The summed E-state index contributed by atoms with van der Waals surface area (Å²) in [6.45, 7) is 7.98. The first-order valence-corrected chi connectivity index (χ1v) is 5.39. The molecule has 18 heavy (non-hydrogen) atoms. The van der Waals surface area contributed by atoms with Crippen LogP contribution in [-0.2, 0) is 9.53 Å². The molecule has 2 nitrogen and oxygen atoms in total. The molecule has 0 saturated carbocycles. The van der Waals surface area contributed by atoms with E-state index < -0.39 is 17.6 Å². The molecule has 0 aliphatic heterocycles. The third-order valence-electron chi connectivity index (χ3n) is 2.33. The van der Waals surface area contributed by atoms with Gasteiger partial charge in [-0.05, 0) is 23.6 Å². The Bertz CT molecular complexity index is 482. The highest BCUT2D eigenvalue weighted by Gasteiger charge is 2.16. The van der Waals surface area contributed by atoms with Gasteiger partial charge in [0.15, 0.2) is 0 Å². The summed E-state index contributed by atoms with van der Waals surface area (Å²) >= 11 is 0. The predicted molar refractivity (Wildman–Crippen MR) is 65.7 cm³/mol. The number of allylic oxidation sites excluding steroid dienone is 8. The Morgan fingerprint density at radius 1 is 1.39 bits per heavy atom. The van der Waals surface area contributed by atoms with Crippen LogP contribution in [0.2, 0.25) is 0 Å². The molecule has 0 unspecified atom stereocenters. The van der Waals surface area contributed by atoms with Gasteiger partial charge in [-0.25, -0.2) is 8.78 Å². The number of rotatable bonds is 4. The number of hydrogen-bond donors (Lipinski definition) is 0. The van der Waals surface area contributed by atoms with E-state index >= 15 is 0 Å². The predicted octanol–water partition coefficient (Wildman–Crippen LogP) is 4.05. The number of carbonyl (C=O) groups is 1. The van der Waals surface area contributed by atoms with Crippen molar-refractivity contribution in [2.45, 2.75) is 19.8 Å². The molecular weight excluding hydrogens is 238 g/mol. The molecule has 0 aromatic rings. The van der Waals surface area contributed by atoms with E-state index in [4.69, 9.17) is 4.74 Å². The maximum atomic E-state index is 13.7. The summed E-state index contributed by atoms with van der Waals surface area (Å²) in [5.41, 5.74) is 0.757. The van der Waals surface area contributed by atoms with Gasteiger partial charge < -0.3 is 4.74 Å². The highest BCUT2D eigenvalue weighted by Crippen LogP contribution is 2.30. The Labute approximate surface area is 105 Å². The summed E-state index contributed by atoms with van der Waals surface area (Å²) < 4.78 is 31.0. The van der Waals surface area contributed by atoms with Crippen molar-refractivity contribution < 1.29 is 18.3 Å². The quantitative estimate of drug-likeness (QED) is 0.557. The zero-order valence-corrected chi connectivity index (χ0v) is 10.1. The van der Waals surface area contributed by atoms with E-state index in [0.29, 0.717) is 24.0 Å². The van der Waals surface area contributed by atoms with Crippen molar-refractivity contribution in [3.63, 3.8) is 0 Å². The molecule has 0 saturated heterocycles. The van der Waals surface area contributed by atoms with Crippen LogP contribution in [0.3, 0.4) is 0 Å². The molecule has 0 spiro atoms. The van der Waals surface area contributed by atoms with E-state index in [1.165, 1.54) is 13.0 Å². The third kappa shape index (κ3) is 4.13. The fraction of sp³-hybridized carbons (Fsp3) is 0.214. The molecule has 1 aliphatic rings. The monoisotopic (exact) mass is 252 g/mol. The molecule has 0 aromatic carbocycles. The molecule has 0 N–H and O–H groups in total. The number of carbonyl (C=O) groups excluding carboxylic acids is 1. The minimum Gasteiger partial charge on any atom is -0.431 e. The maximum absolute atomic E-state index is 13.7. The first-order chi connectivity index (χ1) is 8.40. The van der Waals surface area contributed by atoms with Crippen LogP contribution in [0.4, 0.5) is 8.78 Å². The minimum absolute atomic E-state index is 0.287. The van der Waals surface area contributed by atoms with Crippen molar-refractivity contribution in [3.8, 4) is 0 Å². The average molecular weight is 252 g/mol. The molecule has 0 bridgehead atoms. The van der Waals surface area contributed by atoms with Gasteiger partial charge in [0.1, 0.15) is 17.4 Å². The van der Waals surface area contributed by atoms with Crippen LogP contribution >= 0.6 is 0 Å². The third-order valence-corrected chi connectivity index (χ3v) is 2.33. The summed E-state index contributed by atoms with van der Waals surface area (Å²) in [6.07, 6.45) is 4.40. The van der Waals surface area contributed by atoms with Gasteiger partial charge in [-0.3, -0.25) is 4.79 Å². The van der Waals surface area contributed by atoms with Crippen LogP contribution in [0.1, 0.15) is 19.8 Å². The lowest BCUT2D eigenvalue weighted by atomic mass is 9.96. The molecule has 1 aliphatic carbocycles. The highest BCUT2D eigenvalue weighted by molar-refractivity contribution is 5.67. The zero-order chi connectivity index (χ0) is 13.7. The molecule has 0 aromatic heterocycles. The summed E-state index contributed by atoms with van der Waals surface area (Å²) in [6, 6.07) is 0. The molecular formula is C14H14F2O2. The fourth-order valence-corrected chi connectivity index (χ4v) is 1.54. The second-order valence-corrected chi connectivity index (χ2v) is 3.84. The molecule has 0 fully saturated rings. The Balaban J connectivity index is 2.85. The SMILES string of the molecule is C=C(F)/C=C\C(=C)C1=C(F)C=C(OC(C)=O)CC1. The van der Waals surface area contributed by atoms with E-state index in [0.717, 1.165) is 12.2 Å². The molecule has 96 valence electrons. The van der Waals surface area contributed by atoms with E-state index in [2.05, 4.69) is 13.2 Å². The summed E-state index contributed by atoms with van der Waals surface area (Å²) in [4.78, 5) is 10.7. The molecule has 0 heterocycles. The van der Waals surface area contributed by atoms with Crippen LogP contribution in [0.5, 0.6) is 0 Å². The lowest BCUT2D eigenvalue weighted by Gasteiger charge is -2.15. The normalized spacial score (nSPS) is 15.6. The van der Waals surface area contributed by atoms with Gasteiger partial charge in [-0.15, -0.1) is 0 Å². The molecule has 1 rings (SSSR count). The molecule has 0 amide bonds. The first-order valence-electron chi connectivity index (χ1n) is 5.39. The van der Waals surface area contributed by atoms with Gasteiger partial charge in [0, 0.05) is 19.4 Å². The van der Waals surface area contributed by atoms with Crippen LogP contribution < -0.4 is 0 Å². The van der Waals surface area contributed by atoms with E-state index in [1.807, 2.05) is 0 Å². The lowest BCUT2D eigenvalue weighted by Crippen LogP contribution is -2.04. The van der Waals surface area contributed by atoms with Crippen molar-refractivity contribution in [1.29, 1.82) is 0 Å². The van der Waals surface area contributed by atoms with Crippen LogP contribution in [0.25, 0.3) is 0 Å². The Morgan fingerprint density at radius 3 is 2.56 bits per heavy atom. The largest absolute Gasteiger partial charge is 0.431 e. The first kappa shape index (κ1) is 14.1. The maximum Gasteiger partial charge on any atom is 0.307 e. The van der Waals surface area contributed by atoms with Gasteiger partial charge in [0.2, 0.25) is 0 Å². The topological polar surface area (TPSA) is 26.3 Å². The van der Waals surface area contributed by atoms with Gasteiger partial charge >= 0.3 is 5.97 Å². The standard InChI is InChI=1S/C14H14F2O2/c1-9(4-5-10(2)15)13-7-6-12(8-14(13)16)18-11(3)17/h4-5,8H,1-2,6-7H2,3H3/b5-4-. The van der Waals surface area contributed by atoms with Gasteiger partial charge in [0.05, 0.1) is 0 Å². The number of ether oxygens (including phenoxy) is 1. The van der Waals surface area contributed by atoms with Crippen molar-refractivity contribution in [2.75, 3.05) is 0 Å². The highest BCUT2D eigenvalue weighted by atomic mass is 19.1. The van der Waals surface area contributed by atoms with E-state index in [1.54, 1.807) is 0 Å². The van der Waals surface area contributed by atoms with Crippen LogP contribution in [-0.4, -0.2) is 5.97 Å². The number of halogens is 2. The summed E-state index contributed by atoms with van der Waals surface area (Å²) in [7, 11) is 0. The van der Waals surface area contributed by atoms with Crippen LogP contribution in [0, 0.1) is 0 Å². The fourth-order valence-electron chi connectivity index (χ4n) is 1.54.